The van der Waals surface area contributed by atoms with E-state index in [1.165, 1.54) is 6.92 Å². The first kappa shape index (κ1) is 10.6. The predicted molar refractivity (Wildman–Crippen MR) is 58.0 cm³/mol. The number of aromatic amines is 1. The van der Waals surface area contributed by atoms with E-state index in [-0.39, 0.29) is 0 Å². The third kappa shape index (κ3) is 1.55. The summed E-state index contributed by atoms with van der Waals surface area (Å²) in [6, 6.07) is 4.85. The molecule has 1 aromatic carbocycles. The molecule has 0 amide bonds. The van der Waals surface area contributed by atoms with Crippen molar-refractivity contribution in [2.45, 2.75) is 19.4 Å². The van der Waals surface area contributed by atoms with Crippen LogP contribution in [0.4, 0.5) is 0 Å². The molecule has 1 atom stereocenters. The number of H-pyrrole nitrogens is 1. The van der Waals surface area contributed by atoms with Crippen LogP contribution in [0, 0.1) is 6.92 Å². The first-order valence-corrected chi connectivity index (χ1v) is 4.84. The first-order valence-electron chi connectivity index (χ1n) is 4.84. The highest BCUT2D eigenvalue weighted by Gasteiger charge is 2.32. The fourth-order valence-electron chi connectivity index (χ4n) is 1.56. The number of aliphatic carboxylic acids is 1. The minimum absolute atomic E-state index is 0.330. The third-order valence-corrected chi connectivity index (χ3v) is 2.58. The number of nitrogens with one attached hydrogen (secondary N) is 1. The average molecular weight is 220 g/mol. The van der Waals surface area contributed by atoms with E-state index in [4.69, 9.17) is 5.11 Å². The van der Waals surface area contributed by atoms with E-state index in [1.807, 2.05) is 6.92 Å². The number of hydrogen-bond acceptors (Lipinski definition) is 3. The number of carboxylic acids is 1. The third-order valence-electron chi connectivity index (χ3n) is 2.58. The zero-order valence-corrected chi connectivity index (χ0v) is 8.98. The maximum atomic E-state index is 10.9. The molecule has 0 radical (unpaired) electrons. The number of aryl methyl sites for hydroxylation is 1. The smallest absolute Gasteiger partial charge is 0.340 e. The summed E-state index contributed by atoms with van der Waals surface area (Å²) in [7, 11) is 0. The lowest BCUT2D eigenvalue weighted by atomic mass is 9.96. The first-order chi connectivity index (χ1) is 7.41. The van der Waals surface area contributed by atoms with Crippen LogP contribution in [0.15, 0.2) is 18.2 Å². The Balaban J connectivity index is 2.58. The summed E-state index contributed by atoms with van der Waals surface area (Å²) >= 11 is 0. The van der Waals surface area contributed by atoms with Gasteiger partial charge >= 0.3 is 5.97 Å². The van der Waals surface area contributed by atoms with E-state index in [1.54, 1.807) is 18.2 Å². The summed E-state index contributed by atoms with van der Waals surface area (Å²) in [4.78, 5) is 18.1. The minimum Gasteiger partial charge on any atom is -0.479 e. The van der Waals surface area contributed by atoms with Gasteiger partial charge in [0.15, 0.2) is 5.60 Å². The molecule has 0 aliphatic heterocycles. The Labute approximate surface area is 91.8 Å². The Morgan fingerprint density at radius 1 is 1.50 bits per heavy atom. The van der Waals surface area contributed by atoms with Crippen molar-refractivity contribution in [3.05, 3.63) is 29.6 Å². The van der Waals surface area contributed by atoms with Gasteiger partial charge in [0, 0.05) is 0 Å². The summed E-state index contributed by atoms with van der Waals surface area (Å²) in [6.45, 7) is 3.06. The molecule has 0 spiro atoms. The van der Waals surface area contributed by atoms with Gasteiger partial charge < -0.3 is 15.2 Å². The van der Waals surface area contributed by atoms with Crippen LogP contribution in [0.3, 0.4) is 0 Å². The van der Waals surface area contributed by atoms with Crippen LogP contribution in [0.25, 0.3) is 11.0 Å². The maximum Gasteiger partial charge on any atom is 0.340 e. The van der Waals surface area contributed by atoms with E-state index in [2.05, 4.69) is 9.97 Å². The van der Waals surface area contributed by atoms with Crippen LogP contribution in [-0.2, 0) is 10.4 Å². The van der Waals surface area contributed by atoms with E-state index in [9.17, 15) is 9.90 Å². The lowest BCUT2D eigenvalue weighted by molar-refractivity contribution is -0.157. The fourth-order valence-corrected chi connectivity index (χ4v) is 1.56. The van der Waals surface area contributed by atoms with E-state index in [0.29, 0.717) is 5.56 Å². The average Bonchev–Trinajstić information content (AvgIpc) is 2.56. The highest BCUT2D eigenvalue weighted by molar-refractivity contribution is 5.82. The van der Waals surface area contributed by atoms with Crippen molar-refractivity contribution in [3.63, 3.8) is 0 Å². The predicted octanol–water partition coefficient (Wildman–Crippen LogP) is 1.16. The van der Waals surface area contributed by atoms with Crippen molar-refractivity contribution in [1.82, 2.24) is 9.97 Å². The van der Waals surface area contributed by atoms with Crippen LogP contribution in [0.2, 0.25) is 0 Å². The van der Waals surface area contributed by atoms with Crippen molar-refractivity contribution in [2.75, 3.05) is 0 Å². The van der Waals surface area contributed by atoms with E-state index in [0.717, 1.165) is 16.9 Å². The number of hydrogen-bond donors (Lipinski definition) is 3. The molecule has 0 saturated heterocycles. The summed E-state index contributed by atoms with van der Waals surface area (Å²) in [5.41, 5.74) is -0.0807. The van der Waals surface area contributed by atoms with Crippen LogP contribution in [-0.4, -0.2) is 26.2 Å². The van der Waals surface area contributed by atoms with Crippen molar-refractivity contribution < 1.29 is 15.0 Å². The molecule has 2 aromatic rings. The number of rotatable bonds is 2. The SMILES string of the molecule is Cc1nc2ccc(C(C)(O)C(=O)O)cc2[nH]1. The second kappa shape index (κ2) is 3.31. The lowest BCUT2D eigenvalue weighted by Crippen LogP contribution is -2.31. The topological polar surface area (TPSA) is 86.2 Å². The Kier molecular flexibility index (Phi) is 2.20. The zero-order chi connectivity index (χ0) is 11.9. The monoisotopic (exact) mass is 220 g/mol. The van der Waals surface area contributed by atoms with Gasteiger partial charge in [-0.05, 0) is 31.5 Å². The Morgan fingerprint density at radius 2 is 2.19 bits per heavy atom. The molecule has 1 aromatic heterocycles. The minimum atomic E-state index is -1.88. The molecule has 1 unspecified atom stereocenters. The number of nitrogens with zero attached hydrogens (tertiary/aromatic N) is 1. The van der Waals surface area contributed by atoms with Gasteiger partial charge in [-0.25, -0.2) is 9.78 Å². The van der Waals surface area contributed by atoms with Gasteiger partial charge in [0.2, 0.25) is 0 Å². The number of aliphatic hydroxyl groups is 1. The van der Waals surface area contributed by atoms with Gasteiger partial charge in [-0.3, -0.25) is 0 Å². The fraction of sp³-hybridized carbons (Fsp3) is 0.273. The molecule has 16 heavy (non-hydrogen) atoms. The molecular formula is C11H12N2O3. The van der Waals surface area contributed by atoms with Crippen molar-refractivity contribution in [2.24, 2.45) is 0 Å². The molecule has 2 rings (SSSR count). The normalized spacial score (nSPS) is 14.9. The van der Waals surface area contributed by atoms with Crippen molar-refractivity contribution in [3.8, 4) is 0 Å². The number of imidazole rings is 1. The number of carbonyl (C=O) groups is 1. The Hall–Kier alpha value is -1.88. The number of aromatic nitrogens is 2. The van der Waals surface area contributed by atoms with Gasteiger partial charge in [0.25, 0.3) is 0 Å². The molecule has 3 N–H and O–H groups in total. The number of benzene rings is 1. The molecule has 0 aliphatic carbocycles. The molecular weight excluding hydrogens is 208 g/mol. The number of fused-ring (bicyclic) bond motifs is 1. The van der Waals surface area contributed by atoms with Crippen LogP contribution in [0.1, 0.15) is 18.3 Å². The number of carboxylic acid groups (broad SMARTS) is 1. The molecule has 0 fully saturated rings. The summed E-state index contributed by atoms with van der Waals surface area (Å²) in [6.07, 6.45) is 0. The molecule has 5 nitrogen and oxygen atoms in total. The second-order valence-corrected chi connectivity index (χ2v) is 3.93. The second-order valence-electron chi connectivity index (χ2n) is 3.93. The summed E-state index contributed by atoms with van der Waals surface area (Å²) in [5.74, 6) is -0.523. The lowest BCUT2D eigenvalue weighted by Gasteiger charge is -2.17. The van der Waals surface area contributed by atoms with Gasteiger partial charge in [-0.2, -0.15) is 0 Å². The highest BCUT2D eigenvalue weighted by Crippen LogP contribution is 2.24. The Morgan fingerprint density at radius 3 is 2.81 bits per heavy atom. The van der Waals surface area contributed by atoms with E-state index < -0.39 is 11.6 Å². The largest absolute Gasteiger partial charge is 0.479 e. The molecule has 1 heterocycles. The molecule has 0 bridgehead atoms. The standard InChI is InChI=1S/C11H12N2O3/c1-6-12-8-4-3-7(5-9(8)13-6)11(2,16)10(14)15/h3-5,16H,1-2H3,(H,12,13)(H,14,15). The molecule has 0 aliphatic rings. The van der Waals surface area contributed by atoms with E-state index >= 15 is 0 Å². The van der Waals surface area contributed by atoms with Gasteiger partial charge in [-0.1, -0.05) is 6.07 Å². The van der Waals surface area contributed by atoms with Crippen LogP contribution >= 0.6 is 0 Å². The quantitative estimate of drug-likeness (QED) is 0.708. The van der Waals surface area contributed by atoms with Crippen LogP contribution < -0.4 is 0 Å². The maximum absolute atomic E-state index is 10.9. The van der Waals surface area contributed by atoms with Gasteiger partial charge in [0.05, 0.1) is 11.0 Å². The molecule has 5 heteroatoms. The zero-order valence-electron chi connectivity index (χ0n) is 8.98. The van der Waals surface area contributed by atoms with Crippen LogP contribution in [0.5, 0.6) is 0 Å². The van der Waals surface area contributed by atoms with Crippen molar-refractivity contribution in [1.29, 1.82) is 0 Å². The van der Waals surface area contributed by atoms with Gasteiger partial charge in [-0.15, -0.1) is 0 Å². The Bertz CT molecular complexity index is 557. The summed E-state index contributed by atoms with van der Waals surface area (Å²) < 4.78 is 0. The van der Waals surface area contributed by atoms with Crippen molar-refractivity contribution >= 4 is 17.0 Å². The summed E-state index contributed by atoms with van der Waals surface area (Å²) in [5, 5.41) is 18.7. The highest BCUT2D eigenvalue weighted by atomic mass is 16.4. The molecule has 84 valence electrons. The molecule has 0 saturated carbocycles. The van der Waals surface area contributed by atoms with Gasteiger partial charge in [0.1, 0.15) is 5.82 Å².